The lowest BCUT2D eigenvalue weighted by atomic mass is 10.0. The highest BCUT2D eigenvalue weighted by molar-refractivity contribution is 7.47. The molecule has 0 aromatic rings. The Morgan fingerprint density at radius 3 is 0.694 bits per heavy atom. The van der Waals surface area contributed by atoms with Crippen molar-refractivity contribution in [1.29, 1.82) is 0 Å². The predicted molar refractivity (Wildman–Crippen MR) is 509 cm³/mol. The lowest BCUT2D eigenvalue weighted by molar-refractivity contribution is -0.161. The van der Waals surface area contributed by atoms with Gasteiger partial charge in [-0.2, -0.15) is 0 Å². The van der Waals surface area contributed by atoms with Gasteiger partial charge in [0.1, 0.15) is 25.4 Å². The number of carbonyl (C=O) groups excluding carboxylic acids is 3. The van der Waals surface area contributed by atoms with Gasteiger partial charge in [0.15, 0.2) is 6.10 Å². The number of allylic oxidation sites excluding steroid dienone is 28. The summed E-state index contributed by atoms with van der Waals surface area (Å²) < 4.78 is 61.5. The molecule has 0 radical (unpaired) electrons. The highest BCUT2D eigenvalue weighted by Gasteiger charge is 2.30. The van der Waals surface area contributed by atoms with E-state index in [4.69, 9.17) is 32.3 Å². The third kappa shape index (κ3) is 95.4. The summed E-state index contributed by atoms with van der Waals surface area (Å²) in [6.07, 6.45) is 123. The van der Waals surface area contributed by atoms with Crippen LogP contribution in [0.2, 0.25) is 0 Å². The van der Waals surface area contributed by atoms with Crippen LogP contribution in [0.5, 0.6) is 0 Å². The van der Waals surface area contributed by atoms with Crippen molar-refractivity contribution in [1.82, 2.24) is 0 Å². The van der Waals surface area contributed by atoms with Gasteiger partial charge in [-0.05, 0) is 154 Å². The summed E-state index contributed by atoms with van der Waals surface area (Å²) >= 11 is 0. The standard InChI is InChI=1S/C103H176O16P2/c1-4-7-10-13-16-19-22-25-28-31-34-36-38-40-42-44-46-48-50-52-54-56-58-60-63-65-68-71-74-77-80-83-86-89-101(106)113-92-98(104)93-115-120(109,110)116-94-99(105)95-117-121(111,112)118-97-100(119-103(108)91-88-85-82-79-76-73-70-67-62-33-30-27-24-21-18-15-12-9-6-3)96-114-102(107)90-87-84-81-78-75-72-69-66-64-61-59-57-55-53-51-49-47-45-43-41-39-37-35-32-29-26-23-20-17-14-11-8-5-2/h7-8,10-11,16-21,25-30,34-37,40-43,46,48,62,67,98-100,104-105H,4-6,9,12-15,22-24,31-33,38-39,44-45,47,49-61,63-66,68-97H2,1-3H3,(H,109,110)(H,111,112)/b10-7-,11-8-,19-16-,20-17-,21-18-,28-25-,29-26-,30-27-,36-34-,37-35-,42-40-,43-41-,48-46-,67-62-. The van der Waals surface area contributed by atoms with Gasteiger partial charge in [-0.3, -0.25) is 32.5 Å². The molecule has 0 amide bonds. The lowest BCUT2D eigenvalue weighted by Crippen LogP contribution is -2.30. The van der Waals surface area contributed by atoms with Crippen molar-refractivity contribution in [2.24, 2.45) is 0 Å². The second kappa shape index (κ2) is 94.1. The molecule has 4 N–H and O–H groups in total. The minimum absolute atomic E-state index is 0.0885. The Morgan fingerprint density at radius 2 is 0.438 bits per heavy atom. The number of aliphatic hydroxyl groups is 2. The quantitative estimate of drug-likeness (QED) is 0.0146. The molecule has 0 rings (SSSR count). The van der Waals surface area contributed by atoms with Crippen LogP contribution in [-0.2, 0) is 55.8 Å². The van der Waals surface area contributed by atoms with E-state index in [0.29, 0.717) is 19.3 Å². The van der Waals surface area contributed by atoms with Crippen LogP contribution >= 0.6 is 15.6 Å². The molecule has 5 atom stereocenters. The van der Waals surface area contributed by atoms with Crippen LogP contribution in [-0.4, -0.2) is 95.9 Å². The highest BCUT2D eigenvalue weighted by atomic mass is 31.2. The monoisotopic (exact) mass is 1730 g/mol. The zero-order valence-corrected chi connectivity index (χ0v) is 78.4. The third-order valence-corrected chi connectivity index (χ3v) is 22.3. The Labute approximate surface area is 739 Å². The van der Waals surface area contributed by atoms with Gasteiger partial charge in [0.05, 0.1) is 26.4 Å². The van der Waals surface area contributed by atoms with Crippen molar-refractivity contribution in [3.05, 3.63) is 170 Å². The maximum Gasteiger partial charge on any atom is 0.472 e. The van der Waals surface area contributed by atoms with Crippen LogP contribution in [0, 0.1) is 0 Å². The summed E-state index contributed by atoms with van der Waals surface area (Å²) in [5, 5.41) is 20.8. The predicted octanol–water partition coefficient (Wildman–Crippen LogP) is 30.2. The minimum Gasteiger partial charge on any atom is -0.463 e. The molecule has 0 bridgehead atoms. The number of aliphatic hydroxyl groups excluding tert-OH is 2. The molecule has 0 spiro atoms. The molecular weight excluding hydrogens is 1560 g/mol. The topological polar surface area (TPSA) is 231 Å². The summed E-state index contributed by atoms with van der Waals surface area (Å²) in [7, 11) is -9.81. The maximum absolute atomic E-state index is 13.1. The molecule has 121 heavy (non-hydrogen) atoms. The summed E-state index contributed by atoms with van der Waals surface area (Å²) in [4.78, 5) is 59.1. The first kappa shape index (κ1) is 116. The Morgan fingerprint density at radius 1 is 0.240 bits per heavy atom. The van der Waals surface area contributed by atoms with Crippen LogP contribution in [0.1, 0.15) is 406 Å². The van der Waals surface area contributed by atoms with E-state index in [2.05, 4.69) is 191 Å². The Balaban J connectivity index is 4.52. The zero-order valence-electron chi connectivity index (χ0n) is 76.6. The fraction of sp³-hybridized carbons (Fsp3) is 0.699. The van der Waals surface area contributed by atoms with Crippen molar-refractivity contribution < 1.29 is 75.8 Å². The fourth-order valence-electron chi connectivity index (χ4n) is 13.1. The molecule has 0 saturated carbocycles. The van der Waals surface area contributed by atoms with Crippen LogP contribution in [0.15, 0.2) is 170 Å². The smallest absolute Gasteiger partial charge is 0.463 e. The number of unbranched alkanes of at least 4 members (excludes halogenated alkanes) is 40. The van der Waals surface area contributed by atoms with Gasteiger partial charge < -0.3 is 34.2 Å². The Bertz CT molecular complexity index is 2880. The van der Waals surface area contributed by atoms with E-state index >= 15 is 0 Å². The van der Waals surface area contributed by atoms with Crippen LogP contribution in [0.3, 0.4) is 0 Å². The molecule has 0 aromatic heterocycles. The highest BCUT2D eigenvalue weighted by Crippen LogP contribution is 2.45. The summed E-state index contributed by atoms with van der Waals surface area (Å²) in [6.45, 7) is 2.47. The Kier molecular flexibility index (Phi) is 90.1. The summed E-state index contributed by atoms with van der Waals surface area (Å²) in [5.74, 6) is -1.58. The van der Waals surface area contributed by atoms with E-state index in [1.54, 1.807) is 0 Å². The fourth-order valence-corrected chi connectivity index (χ4v) is 14.7. The number of carbonyl (C=O) groups is 3. The molecule has 16 nitrogen and oxygen atoms in total. The average molecular weight is 1730 g/mol. The molecular formula is C103H176O16P2. The average Bonchev–Trinajstić information content (AvgIpc) is 0.895. The first-order valence-electron chi connectivity index (χ1n) is 48.4. The first-order valence-corrected chi connectivity index (χ1v) is 51.4. The number of rotatable bonds is 91. The number of ether oxygens (including phenoxy) is 3. The van der Waals surface area contributed by atoms with E-state index in [0.717, 1.165) is 173 Å². The molecule has 0 aliphatic rings. The number of hydrogen-bond donors (Lipinski definition) is 4. The number of phosphoric acid groups is 2. The Hall–Kier alpha value is -5.09. The van der Waals surface area contributed by atoms with Crippen molar-refractivity contribution in [3.8, 4) is 0 Å². The summed E-state index contributed by atoms with van der Waals surface area (Å²) in [6, 6.07) is 0. The number of esters is 3. The van der Waals surface area contributed by atoms with Gasteiger partial charge in [-0.25, -0.2) is 9.13 Å². The maximum atomic E-state index is 13.1. The van der Waals surface area contributed by atoms with Crippen LogP contribution in [0.25, 0.3) is 0 Å². The normalized spacial score (nSPS) is 14.5. The molecule has 0 aromatic carbocycles. The third-order valence-electron chi connectivity index (χ3n) is 20.4. The second-order valence-corrected chi connectivity index (χ2v) is 35.0. The SMILES string of the molecule is CC/C=C\C/C=C\C/C=C\C/C=C\C/C=C\C/C=C\CCCCCCCCCCCCCCCCC(=O)OCC(O)COP(=O)(O)OCC(O)COP(=O)(O)OCC(COC(=O)CCCCCCCCCCCCCCCCCCC/C=C\C/C=C\C/C=C\C/C=C\C/C=C\CC)OC(=O)CCCCCCCC/C=C\C/C=C\C/C=C\CCCCC. The molecule has 0 aliphatic carbocycles. The number of phosphoric ester groups is 2. The molecule has 0 aliphatic heterocycles. The van der Waals surface area contributed by atoms with Gasteiger partial charge in [-0.15, -0.1) is 0 Å². The van der Waals surface area contributed by atoms with Gasteiger partial charge >= 0.3 is 33.6 Å². The van der Waals surface area contributed by atoms with Crippen LogP contribution in [0.4, 0.5) is 0 Å². The minimum atomic E-state index is -4.95. The van der Waals surface area contributed by atoms with Crippen molar-refractivity contribution in [3.63, 3.8) is 0 Å². The van der Waals surface area contributed by atoms with Gasteiger partial charge in [0, 0.05) is 19.3 Å². The van der Waals surface area contributed by atoms with Crippen molar-refractivity contribution in [2.45, 2.75) is 424 Å². The molecule has 694 valence electrons. The van der Waals surface area contributed by atoms with Gasteiger partial charge in [0.25, 0.3) is 0 Å². The summed E-state index contributed by atoms with van der Waals surface area (Å²) in [5.41, 5.74) is 0. The van der Waals surface area contributed by atoms with Crippen molar-refractivity contribution >= 4 is 33.6 Å². The largest absolute Gasteiger partial charge is 0.472 e. The van der Waals surface area contributed by atoms with E-state index in [-0.39, 0.29) is 19.3 Å². The van der Waals surface area contributed by atoms with E-state index in [1.165, 1.54) is 173 Å². The van der Waals surface area contributed by atoms with Crippen LogP contribution < -0.4 is 0 Å². The molecule has 0 fully saturated rings. The van der Waals surface area contributed by atoms with Crippen molar-refractivity contribution in [2.75, 3.05) is 39.6 Å². The molecule has 18 heteroatoms. The van der Waals surface area contributed by atoms with Gasteiger partial charge in [0.2, 0.25) is 0 Å². The molecule has 0 saturated heterocycles. The number of hydrogen-bond acceptors (Lipinski definition) is 14. The van der Waals surface area contributed by atoms with E-state index < -0.39 is 91.5 Å². The van der Waals surface area contributed by atoms with Gasteiger partial charge in [-0.1, -0.05) is 403 Å². The second-order valence-electron chi connectivity index (χ2n) is 32.1. The zero-order chi connectivity index (χ0) is 87.9. The molecule has 5 unspecified atom stereocenters. The molecule has 0 heterocycles. The van der Waals surface area contributed by atoms with E-state index in [1.807, 2.05) is 0 Å². The first-order chi connectivity index (χ1) is 59.2. The lowest BCUT2D eigenvalue weighted by Gasteiger charge is -2.21. The van der Waals surface area contributed by atoms with E-state index in [9.17, 15) is 43.5 Å².